The van der Waals surface area contributed by atoms with Crippen molar-refractivity contribution in [3.05, 3.63) is 77.9 Å². The number of carbonyl (C=O) groups excluding carboxylic acids is 1. The van der Waals surface area contributed by atoms with E-state index in [1.54, 1.807) is 7.11 Å². The van der Waals surface area contributed by atoms with Gasteiger partial charge < -0.3 is 0 Å². The average Bonchev–Trinajstić information content (AvgIpc) is 2.61. The molecule has 0 radical (unpaired) electrons. The Morgan fingerprint density at radius 2 is 1.75 bits per heavy atom. The zero-order valence-corrected chi connectivity index (χ0v) is 15.9. The summed E-state index contributed by atoms with van der Waals surface area (Å²) in [6.45, 7) is 0. The molecule has 0 aliphatic rings. The van der Waals surface area contributed by atoms with E-state index in [1.165, 1.54) is 10.9 Å². The van der Waals surface area contributed by atoms with Crippen molar-refractivity contribution in [2.75, 3.05) is 7.11 Å². The molecule has 122 valence electrons. The Hall–Kier alpha value is -2.05. The third kappa shape index (κ3) is 4.07. The average molecular weight is 380 g/mol. The van der Waals surface area contributed by atoms with Gasteiger partial charge >= 0.3 is 148 Å². The van der Waals surface area contributed by atoms with Crippen LogP contribution >= 0.6 is 0 Å². The molecule has 0 N–H and O–H groups in total. The van der Waals surface area contributed by atoms with E-state index < -0.39 is 14.7 Å². The summed E-state index contributed by atoms with van der Waals surface area (Å²) in [5, 5.41) is 4.02. The van der Waals surface area contributed by atoms with Gasteiger partial charge in [0.2, 0.25) is 0 Å². The van der Waals surface area contributed by atoms with Crippen molar-refractivity contribution >= 4 is 31.2 Å². The van der Waals surface area contributed by atoms with E-state index in [0.717, 1.165) is 21.9 Å². The zero-order valence-electron chi connectivity index (χ0n) is 14.0. The summed E-state index contributed by atoms with van der Waals surface area (Å²) in [4.78, 5) is 12.6. The number of hydrogen-bond acceptors (Lipinski definition) is 2. The Labute approximate surface area is 147 Å². The first-order chi connectivity index (χ1) is 11.7. The van der Waals surface area contributed by atoms with Gasteiger partial charge in [-0.05, 0) is 0 Å². The molecular formula is C21H21AsO2. The fourth-order valence-electron chi connectivity index (χ4n) is 2.84. The molecule has 0 aromatic heterocycles. The predicted octanol–water partition coefficient (Wildman–Crippen LogP) is 4.94. The summed E-state index contributed by atoms with van der Waals surface area (Å²) in [5.74, 6) is 1.15. The SMILES string of the molecule is COc1cccc(C[As](C)CC(=O)c2ccc3ccccc3c2)c1. The summed E-state index contributed by atoms with van der Waals surface area (Å²) < 4.78 is 5.28. The number of rotatable bonds is 6. The minimum absolute atomic E-state index is 0.270. The molecule has 2 nitrogen and oxygen atoms in total. The van der Waals surface area contributed by atoms with Crippen LogP contribution in [0.15, 0.2) is 66.7 Å². The number of methoxy groups -OCH3 is 1. The van der Waals surface area contributed by atoms with E-state index in [0.29, 0.717) is 5.21 Å². The molecule has 0 fully saturated rings. The van der Waals surface area contributed by atoms with Crippen LogP contribution in [0.3, 0.4) is 0 Å². The number of fused-ring (bicyclic) bond motifs is 1. The summed E-state index contributed by atoms with van der Waals surface area (Å²) >= 11 is -1.23. The van der Waals surface area contributed by atoms with E-state index in [2.05, 4.69) is 30.0 Å². The van der Waals surface area contributed by atoms with Crippen molar-refractivity contribution in [1.82, 2.24) is 0 Å². The van der Waals surface area contributed by atoms with Crippen LogP contribution in [0.25, 0.3) is 10.8 Å². The topological polar surface area (TPSA) is 26.3 Å². The van der Waals surface area contributed by atoms with Crippen molar-refractivity contribution in [2.45, 2.75) is 16.1 Å². The van der Waals surface area contributed by atoms with Gasteiger partial charge in [0.05, 0.1) is 0 Å². The second kappa shape index (κ2) is 7.68. The molecule has 0 heterocycles. The van der Waals surface area contributed by atoms with Gasteiger partial charge in [-0.3, -0.25) is 0 Å². The number of ketones is 1. The van der Waals surface area contributed by atoms with Gasteiger partial charge in [0.1, 0.15) is 0 Å². The summed E-state index contributed by atoms with van der Waals surface area (Å²) in [6.07, 6.45) is 0. The third-order valence-corrected chi connectivity index (χ3v) is 7.71. The molecule has 0 saturated carbocycles. The fourth-order valence-corrected chi connectivity index (χ4v) is 6.20. The van der Waals surface area contributed by atoms with Crippen LogP contribution in [0.4, 0.5) is 0 Å². The molecule has 24 heavy (non-hydrogen) atoms. The molecular weight excluding hydrogens is 359 g/mol. The van der Waals surface area contributed by atoms with Crippen molar-refractivity contribution in [2.24, 2.45) is 0 Å². The number of carbonyl (C=O) groups is 1. The maximum absolute atomic E-state index is 12.6. The zero-order chi connectivity index (χ0) is 16.9. The predicted molar refractivity (Wildman–Crippen MR) is 101 cm³/mol. The minimum atomic E-state index is -1.23. The Bertz CT molecular complexity index is 857. The Morgan fingerprint density at radius 3 is 2.54 bits per heavy atom. The van der Waals surface area contributed by atoms with E-state index in [-0.39, 0.29) is 5.78 Å². The van der Waals surface area contributed by atoms with E-state index >= 15 is 0 Å². The molecule has 3 heteroatoms. The normalized spacial score (nSPS) is 12.1. The van der Waals surface area contributed by atoms with Crippen LogP contribution in [0.5, 0.6) is 5.75 Å². The summed E-state index contributed by atoms with van der Waals surface area (Å²) in [7, 11) is 1.68. The fraction of sp³-hybridized carbons (Fsp3) is 0.190. The molecule has 3 rings (SSSR count). The molecule has 0 bridgehead atoms. The van der Waals surface area contributed by atoms with Crippen LogP contribution in [0.2, 0.25) is 10.9 Å². The van der Waals surface area contributed by atoms with Gasteiger partial charge in [-0.2, -0.15) is 0 Å². The molecule has 0 aliphatic heterocycles. The van der Waals surface area contributed by atoms with Crippen LogP contribution in [0, 0.1) is 0 Å². The Kier molecular flexibility index (Phi) is 5.37. The van der Waals surface area contributed by atoms with Crippen molar-refractivity contribution in [3.63, 3.8) is 0 Å². The molecule has 1 unspecified atom stereocenters. The molecule has 0 aliphatic carbocycles. The number of benzene rings is 3. The quantitative estimate of drug-likeness (QED) is 0.447. The number of ether oxygens (including phenoxy) is 1. The molecule has 0 spiro atoms. The molecule has 1 atom stereocenters. The Balaban J connectivity index is 1.68. The van der Waals surface area contributed by atoms with Crippen molar-refractivity contribution in [3.8, 4) is 5.75 Å². The monoisotopic (exact) mass is 380 g/mol. The van der Waals surface area contributed by atoms with Gasteiger partial charge in [0.25, 0.3) is 0 Å². The van der Waals surface area contributed by atoms with Crippen LogP contribution in [0.1, 0.15) is 15.9 Å². The van der Waals surface area contributed by atoms with Crippen LogP contribution < -0.4 is 4.74 Å². The third-order valence-electron chi connectivity index (χ3n) is 4.07. The maximum atomic E-state index is 12.6. The van der Waals surface area contributed by atoms with Crippen LogP contribution in [-0.4, -0.2) is 27.5 Å². The van der Waals surface area contributed by atoms with Gasteiger partial charge in [-0.1, -0.05) is 0 Å². The first-order valence-corrected chi connectivity index (χ1v) is 12.5. The van der Waals surface area contributed by atoms with E-state index in [9.17, 15) is 4.79 Å². The van der Waals surface area contributed by atoms with Gasteiger partial charge in [-0.25, -0.2) is 0 Å². The van der Waals surface area contributed by atoms with Crippen molar-refractivity contribution in [1.29, 1.82) is 0 Å². The number of Topliss-reactive ketones (excluding diaryl/α,β-unsaturated/α-hetero) is 1. The first kappa shape index (κ1) is 16.8. The van der Waals surface area contributed by atoms with Gasteiger partial charge in [-0.15, -0.1) is 0 Å². The first-order valence-electron chi connectivity index (χ1n) is 7.99. The Morgan fingerprint density at radius 1 is 0.958 bits per heavy atom. The van der Waals surface area contributed by atoms with E-state index in [1.807, 2.05) is 42.5 Å². The summed E-state index contributed by atoms with van der Waals surface area (Å²) in [6, 6.07) is 22.3. The van der Waals surface area contributed by atoms with E-state index in [4.69, 9.17) is 4.74 Å². The molecule has 3 aromatic carbocycles. The summed E-state index contributed by atoms with van der Waals surface area (Å²) in [5.41, 5.74) is 4.37. The van der Waals surface area contributed by atoms with Gasteiger partial charge in [0.15, 0.2) is 0 Å². The van der Waals surface area contributed by atoms with Crippen molar-refractivity contribution < 1.29 is 9.53 Å². The second-order valence-electron chi connectivity index (χ2n) is 6.01. The molecule has 0 amide bonds. The number of hydrogen-bond donors (Lipinski definition) is 0. The molecule has 0 saturated heterocycles. The van der Waals surface area contributed by atoms with Gasteiger partial charge in [0, 0.05) is 0 Å². The standard InChI is InChI=1S/C21H21AsO2/c1-22(14-16-6-5-9-20(12-16)24-2)15-21(23)19-11-10-17-7-3-4-8-18(17)13-19/h3-13H,14-15H2,1-2H3. The van der Waals surface area contributed by atoms with Crippen LogP contribution in [-0.2, 0) is 5.21 Å². The second-order valence-corrected chi connectivity index (χ2v) is 10.9. The molecule has 3 aromatic rings.